The van der Waals surface area contributed by atoms with Crippen LogP contribution >= 0.6 is 11.8 Å². The Bertz CT molecular complexity index is 1240. The molecule has 0 aliphatic carbocycles. The minimum Gasteiger partial charge on any atom is -0.488 e. The van der Waals surface area contributed by atoms with Gasteiger partial charge in [0.1, 0.15) is 18.4 Å². The van der Waals surface area contributed by atoms with Gasteiger partial charge in [-0.05, 0) is 41.5 Å². The lowest BCUT2D eigenvalue weighted by Crippen LogP contribution is -2.46. The van der Waals surface area contributed by atoms with Crippen molar-refractivity contribution in [1.82, 2.24) is 0 Å². The zero-order chi connectivity index (χ0) is 26.8. The van der Waals surface area contributed by atoms with Gasteiger partial charge in [0.05, 0.1) is 18.3 Å². The van der Waals surface area contributed by atoms with Crippen LogP contribution in [0.1, 0.15) is 11.6 Å². The van der Waals surface area contributed by atoms with E-state index in [1.807, 2.05) is 0 Å². The second-order valence-corrected chi connectivity index (χ2v) is 9.07. The van der Waals surface area contributed by atoms with Gasteiger partial charge in [0.2, 0.25) is 0 Å². The van der Waals surface area contributed by atoms with E-state index in [0.29, 0.717) is 16.0 Å². The van der Waals surface area contributed by atoms with Gasteiger partial charge in [-0.3, -0.25) is 0 Å². The Labute approximate surface area is 211 Å². The molecule has 4 nitrogen and oxygen atoms in total. The van der Waals surface area contributed by atoms with Crippen molar-refractivity contribution in [2.75, 3.05) is 24.1 Å². The van der Waals surface area contributed by atoms with E-state index in [4.69, 9.17) is 4.74 Å². The number of aliphatic hydroxyl groups is 1. The number of aliphatic hydroxyl groups excluding tert-OH is 1. The number of halogens is 7. The summed E-state index contributed by atoms with van der Waals surface area (Å²) in [6.45, 7) is -0.956. The van der Waals surface area contributed by atoms with E-state index >= 15 is 0 Å². The fourth-order valence-corrected chi connectivity index (χ4v) is 4.60. The van der Waals surface area contributed by atoms with Gasteiger partial charge in [-0.25, -0.2) is 4.39 Å². The highest BCUT2D eigenvalue weighted by atomic mass is 32.2. The molecule has 2 atom stereocenters. The number of ether oxygens (including phenoxy) is 2. The normalized spacial score (nSPS) is 16.6. The van der Waals surface area contributed by atoms with Crippen molar-refractivity contribution in [1.29, 1.82) is 0 Å². The molecule has 4 rings (SSSR count). The summed E-state index contributed by atoms with van der Waals surface area (Å²) in [7, 11) is 0. The second-order valence-electron chi connectivity index (χ2n) is 8.09. The third-order valence-corrected chi connectivity index (χ3v) is 6.35. The first-order chi connectivity index (χ1) is 17.5. The molecule has 0 spiro atoms. The predicted molar refractivity (Wildman–Crippen MR) is 124 cm³/mol. The number of β-amino-alcohol motifs (C(OH)–C–C–N with tert-alkyl or cyclic N) is 1. The zero-order valence-electron chi connectivity index (χ0n) is 18.9. The largest absolute Gasteiger partial charge is 0.573 e. The van der Waals surface area contributed by atoms with Crippen molar-refractivity contribution in [3.63, 3.8) is 0 Å². The number of hydrogen-bond donors (Lipinski definition) is 1. The molecule has 0 saturated carbocycles. The van der Waals surface area contributed by atoms with Gasteiger partial charge in [0, 0.05) is 10.5 Å². The summed E-state index contributed by atoms with van der Waals surface area (Å²) in [6.07, 6.45) is -12.5. The molecule has 1 heterocycles. The fourth-order valence-electron chi connectivity index (χ4n) is 4.08. The lowest BCUT2D eigenvalue weighted by molar-refractivity contribution is -0.274. The van der Waals surface area contributed by atoms with Crippen LogP contribution in [0.2, 0.25) is 0 Å². The van der Waals surface area contributed by atoms with Crippen LogP contribution in [0.3, 0.4) is 0 Å². The molecule has 1 aliphatic heterocycles. The Kier molecular flexibility index (Phi) is 7.79. The molecule has 198 valence electrons. The maximum atomic E-state index is 13.3. The molecule has 2 unspecified atom stereocenters. The average molecular weight is 547 g/mol. The van der Waals surface area contributed by atoms with Gasteiger partial charge >= 0.3 is 12.5 Å². The molecular weight excluding hydrogens is 527 g/mol. The van der Waals surface area contributed by atoms with Gasteiger partial charge in [0.25, 0.3) is 0 Å². The average Bonchev–Trinajstić information content (AvgIpc) is 2.83. The number of nitrogens with zero attached hydrogens (tertiary/aromatic N) is 1. The van der Waals surface area contributed by atoms with Crippen LogP contribution in [-0.2, 0) is 0 Å². The molecular formula is C25H20F7NO3S. The molecule has 0 bridgehead atoms. The van der Waals surface area contributed by atoms with E-state index in [1.54, 1.807) is 30.3 Å². The summed E-state index contributed by atoms with van der Waals surface area (Å²) < 4.78 is 101. The van der Waals surface area contributed by atoms with Crippen molar-refractivity contribution in [3.8, 4) is 22.6 Å². The number of rotatable bonds is 7. The van der Waals surface area contributed by atoms with Crippen molar-refractivity contribution >= 4 is 17.4 Å². The smallest absolute Gasteiger partial charge is 0.488 e. The van der Waals surface area contributed by atoms with E-state index in [-0.39, 0.29) is 23.6 Å². The number of anilines is 1. The number of fused-ring (bicyclic) bond motifs is 1. The summed E-state index contributed by atoms with van der Waals surface area (Å²) in [5, 5.41) is 9.91. The highest BCUT2D eigenvalue weighted by molar-refractivity contribution is 7.99. The topological polar surface area (TPSA) is 41.9 Å². The fraction of sp³-hybridized carbons (Fsp3) is 0.280. The molecule has 0 amide bonds. The lowest BCUT2D eigenvalue weighted by Gasteiger charge is -2.41. The monoisotopic (exact) mass is 547 g/mol. The maximum Gasteiger partial charge on any atom is 0.573 e. The van der Waals surface area contributed by atoms with Gasteiger partial charge in [-0.15, -0.1) is 13.2 Å². The van der Waals surface area contributed by atoms with E-state index in [1.165, 1.54) is 29.2 Å². The van der Waals surface area contributed by atoms with Gasteiger partial charge in [-0.1, -0.05) is 48.2 Å². The number of thioether (sulfide) groups is 1. The Morgan fingerprint density at radius 3 is 2.43 bits per heavy atom. The third-order valence-electron chi connectivity index (χ3n) is 5.66. The van der Waals surface area contributed by atoms with Gasteiger partial charge in [-0.2, -0.15) is 13.2 Å². The highest BCUT2D eigenvalue weighted by Crippen LogP contribution is 2.46. The first-order valence-electron chi connectivity index (χ1n) is 10.9. The molecule has 37 heavy (non-hydrogen) atoms. The van der Waals surface area contributed by atoms with Crippen LogP contribution in [0.15, 0.2) is 71.6 Å². The molecule has 0 aromatic heterocycles. The third kappa shape index (κ3) is 6.42. The van der Waals surface area contributed by atoms with Crippen molar-refractivity contribution in [2.24, 2.45) is 0 Å². The van der Waals surface area contributed by atoms with E-state index in [9.17, 15) is 35.8 Å². The van der Waals surface area contributed by atoms with Crippen LogP contribution in [0.4, 0.5) is 36.4 Å². The molecule has 3 aromatic carbocycles. The summed E-state index contributed by atoms with van der Waals surface area (Å²) in [5.74, 6) is -0.325. The quantitative estimate of drug-likeness (QED) is 0.252. The van der Waals surface area contributed by atoms with E-state index in [0.717, 1.165) is 23.9 Å². The van der Waals surface area contributed by atoms with Crippen LogP contribution < -0.4 is 14.4 Å². The number of alkyl halides is 7. The Morgan fingerprint density at radius 2 is 1.73 bits per heavy atom. The van der Waals surface area contributed by atoms with Crippen LogP contribution in [0.5, 0.6) is 11.5 Å². The maximum absolute atomic E-state index is 13.3. The molecule has 0 fully saturated rings. The SMILES string of the molecule is OC(CN1c2cccc(-c3cccc(OC(F)(F)F)c3)c2OCC1c1cccc(SCF)c1)C(F)(F)F. The molecule has 0 radical (unpaired) electrons. The van der Waals surface area contributed by atoms with E-state index in [2.05, 4.69) is 4.74 Å². The summed E-state index contributed by atoms with van der Waals surface area (Å²) in [6, 6.07) is 14.9. The molecule has 1 aliphatic rings. The van der Waals surface area contributed by atoms with E-state index < -0.39 is 43.0 Å². The molecule has 1 N–H and O–H groups in total. The van der Waals surface area contributed by atoms with Crippen LogP contribution in [0.25, 0.3) is 11.1 Å². The minimum absolute atomic E-state index is 0.128. The lowest BCUT2D eigenvalue weighted by atomic mass is 9.98. The van der Waals surface area contributed by atoms with Gasteiger partial charge in [0.15, 0.2) is 11.9 Å². The Balaban J connectivity index is 1.77. The number of hydrogen-bond acceptors (Lipinski definition) is 5. The minimum atomic E-state index is -4.90. The molecule has 3 aromatic rings. The van der Waals surface area contributed by atoms with Crippen LogP contribution in [-0.4, -0.2) is 42.9 Å². The zero-order valence-corrected chi connectivity index (χ0v) is 19.7. The summed E-state index contributed by atoms with van der Waals surface area (Å²) >= 11 is 0.916. The predicted octanol–water partition coefficient (Wildman–Crippen LogP) is 7.13. The molecule has 12 heteroatoms. The van der Waals surface area contributed by atoms with Crippen LogP contribution in [0, 0.1) is 0 Å². The van der Waals surface area contributed by atoms with Gasteiger partial charge < -0.3 is 19.5 Å². The Hall–Kier alpha value is -3.12. The van der Waals surface area contributed by atoms with Crippen molar-refractivity contribution < 1.29 is 45.3 Å². The Morgan fingerprint density at radius 1 is 1.00 bits per heavy atom. The second kappa shape index (κ2) is 10.7. The first-order valence-corrected chi connectivity index (χ1v) is 11.9. The highest BCUT2D eigenvalue weighted by Gasteiger charge is 2.42. The summed E-state index contributed by atoms with van der Waals surface area (Å²) in [5.41, 5.74) is 1.37. The standard InChI is InChI=1S/C25H20F7NO3S/c26-14-37-18-7-2-5-16(11-18)21-13-35-23-19(15-4-1-6-17(10-15)36-25(30,31)32)8-3-9-20(23)33(21)12-22(34)24(27,28)29/h1-11,21-22,34H,12-14H2. The molecule has 0 saturated heterocycles. The first kappa shape index (κ1) is 26.9. The van der Waals surface area contributed by atoms with Crippen molar-refractivity contribution in [3.05, 3.63) is 72.3 Å². The number of para-hydroxylation sites is 1. The number of benzene rings is 3. The summed E-state index contributed by atoms with van der Waals surface area (Å²) in [4.78, 5) is 1.91. The van der Waals surface area contributed by atoms with Crippen molar-refractivity contribution in [2.45, 2.75) is 29.6 Å².